The SMILES string of the molecule is COc1cc(OC)cc(-c2nc(S[C@H](C)C(=O)O)n[nH]2)c1. The first-order chi connectivity index (χ1) is 10.0. The highest BCUT2D eigenvalue weighted by Crippen LogP contribution is 2.29. The van der Waals surface area contributed by atoms with Crippen molar-refractivity contribution in [3.05, 3.63) is 18.2 Å². The summed E-state index contributed by atoms with van der Waals surface area (Å²) in [6.07, 6.45) is 0. The van der Waals surface area contributed by atoms with E-state index in [4.69, 9.17) is 14.6 Å². The maximum Gasteiger partial charge on any atom is 0.316 e. The predicted octanol–water partition coefficient (Wildman–Crippen LogP) is 2.05. The number of rotatable bonds is 6. The van der Waals surface area contributed by atoms with Crippen LogP contribution in [0.1, 0.15) is 6.92 Å². The molecule has 1 aromatic heterocycles. The van der Waals surface area contributed by atoms with Crippen LogP contribution in [0.3, 0.4) is 0 Å². The number of nitrogens with one attached hydrogen (secondary N) is 1. The maximum atomic E-state index is 10.8. The van der Waals surface area contributed by atoms with Crippen molar-refractivity contribution in [3.63, 3.8) is 0 Å². The van der Waals surface area contributed by atoms with Gasteiger partial charge in [-0.25, -0.2) is 4.98 Å². The Morgan fingerprint density at radius 2 is 1.90 bits per heavy atom. The van der Waals surface area contributed by atoms with Crippen LogP contribution in [0, 0.1) is 0 Å². The molecule has 0 aliphatic heterocycles. The number of hydrogen-bond acceptors (Lipinski definition) is 6. The lowest BCUT2D eigenvalue weighted by atomic mass is 10.2. The molecule has 0 aliphatic carbocycles. The average Bonchev–Trinajstić information content (AvgIpc) is 2.95. The third-order valence-corrected chi connectivity index (χ3v) is 3.67. The number of aliphatic carboxylic acids is 1. The van der Waals surface area contributed by atoms with E-state index in [1.807, 2.05) is 0 Å². The molecule has 21 heavy (non-hydrogen) atoms. The minimum Gasteiger partial charge on any atom is -0.497 e. The number of thioether (sulfide) groups is 1. The van der Waals surface area contributed by atoms with E-state index in [0.29, 0.717) is 22.5 Å². The fourth-order valence-corrected chi connectivity index (χ4v) is 2.24. The molecule has 1 aromatic carbocycles. The summed E-state index contributed by atoms with van der Waals surface area (Å²) in [5.41, 5.74) is 0.744. The minimum absolute atomic E-state index is 0.377. The van der Waals surface area contributed by atoms with Crippen molar-refractivity contribution < 1.29 is 19.4 Å². The second-order valence-electron chi connectivity index (χ2n) is 4.17. The monoisotopic (exact) mass is 309 g/mol. The lowest BCUT2D eigenvalue weighted by Crippen LogP contribution is -2.11. The van der Waals surface area contributed by atoms with Gasteiger partial charge in [0.05, 0.1) is 14.2 Å². The Hall–Kier alpha value is -2.22. The number of H-pyrrole nitrogens is 1. The fourth-order valence-electron chi connectivity index (χ4n) is 1.58. The van der Waals surface area contributed by atoms with Crippen LogP contribution in [-0.2, 0) is 4.79 Å². The van der Waals surface area contributed by atoms with Crippen molar-refractivity contribution in [1.82, 2.24) is 15.2 Å². The molecule has 0 bridgehead atoms. The van der Waals surface area contributed by atoms with Gasteiger partial charge in [0.2, 0.25) is 5.16 Å². The normalized spacial score (nSPS) is 12.0. The number of benzene rings is 1. The smallest absolute Gasteiger partial charge is 0.316 e. The maximum absolute atomic E-state index is 10.8. The summed E-state index contributed by atoms with van der Waals surface area (Å²) in [6, 6.07) is 5.33. The molecule has 0 saturated carbocycles. The second kappa shape index (κ2) is 6.49. The van der Waals surface area contributed by atoms with E-state index in [2.05, 4.69) is 15.2 Å². The molecule has 0 aliphatic rings. The van der Waals surface area contributed by atoms with Gasteiger partial charge in [0, 0.05) is 11.6 Å². The molecule has 7 nitrogen and oxygen atoms in total. The number of ether oxygens (including phenoxy) is 2. The topological polar surface area (TPSA) is 97.3 Å². The van der Waals surface area contributed by atoms with Crippen molar-refractivity contribution in [2.24, 2.45) is 0 Å². The van der Waals surface area contributed by atoms with E-state index in [0.717, 1.165) is 17.3 Å². The van der Waals surface area contributed by atoms with Crippen LogP contribution < -0.4 is 9.47 Å². The molecule has 1 atom stereocenters. The highest BCUT2D eigenvalue weighted by atomic mass is 32.2. The van der Waals surface area contributed by atoms with Crippen molar-refractivity contribution in [2.75, 3.05) is 14.2 Å². The molecule has 0 spiro atoms. The number of aromatic nitrogens is 3. The predicted molar refractivity (Wildman–Crippen MR) is 77.9 cm³/mol. The molecule has 8 heteroatoms. The van der Waals surface area contributed by atoms with E-state index in [1.165, 1.54) is 0 Å². The Labute approximate surface area is 125 Å². The molecule has 0 radical (unpaired) electrons. The van der Waals surface area contributed by atoms with Crippen LogP contribution in [0.25, 0.3) is 11.4 Å². The van der Waals surface area contributed by atoms with Crippen LogP contribution in [-0.4, -0.2) is 45.7 Å². The summed E-state index contributed by atoms with van der Waals surface area (Å²) >= 11 is 1.07. The van der Waals surface area contributed by atoms with E-state index < -0.39 is 11.2 Å². The molecule has 0 amide bonds. The van der Waals surface area contributed by atoms with Crippen LogP contribution in [0.2, 0.25) is 0 Å². The molecule has 2 aromatic rings. The molecule has 1 heterocycles. The van der Waals surface area contributed by atoms with E-state index in [-0.39, 0.29) is 0 Å². The average molecular weight is 309 g/mol. The van der Waals surface area contributed by atoms with Gasteiger partial charge >= 0.3 is 5.97 Å². The van der Waals surface area contributed by atoms with Crippen LogP contribution in [0.4, 0.5) is 0 Å². The highest BCUT2D eigenvalue weighted by Gasteiger charge is 2.16. The minimum atomic E-state index is -0.908. The zero-order valence-electron chi connectivity index (χ0n) is 11.8. The zero-order valence-corrected chi connectivity index (χ0v) is 12.6. The van der Waals surface area contributed by atoms with Crippen molar-refractivity contribution >= 4 is 17.7 Å². The number of nitrogens with zero attached hydrogens (tertiary/aromatic N) is 2. The zero-order chi connectivity index (χ0) is 15.4. The van der Waals surface area contributed by atoms with Crippen molar-refractivity contribution in [3.8, 4) is 22.9 Å². The number of carboxylic acids is 1. The van der Waals surface area contributed by atoms with Gasteiger partial charge in [-0.15, -0.1) is 5.10 Å². The number of carboxylic acid groups (broad SMARTS) is 1. The Morgan fingerprint density at radius 3 is 2.43 bits per heavy atom. The molecule has 0 unspecified atom stereocenters. The van der Waals surface area contributed by atoms with E-state index in [1.54, 1.807) is 39.3 Å². The molecule has 2 rings (SSSR count). The first kappa shape index (κ1) is 15.2. The van der Waals surface area contributed by atoms with E-state index >= 15 is 0 Å². The summed E-state index contributed by atoms with van der Waals surface area (Å²) < 4.78 is 10.4. The molecular formula is C13H15N3O4S. The van der Waals surface area contributed by atoms with Crippen LogP contribution >= 0.6 is 11.8 Å². The van der Waals surface area contributed by atoms with Gasteiger partial charge in [-0.05, 0) is 19.1 Å². The summed E-state index contributed by atoms with van der Waals surface area (Å²) in [7, 11) is 3.13. The summed E-state index contributed by atoms with van der Waals surface area (Å²) in [5, 5.41) is 15.4. The summed E-state index contributed by atoms with van der Waals surface area (Å²) in [4.78, 5) is 15.1. The van der Waals surface area contributed by atoms with Gasteiger partial charge in [0.1, 0.15) is 16.7 Å². The second-order valence-corrected chi connectivity index (χ2v) is 5.47. The lowest BCUT2D eigenvalue weighted by Gasteiger charge is -2.06. The Kier molecular flexibility index (Phi) is 4.69. The Bertz CT molecular complexity index is 622. The molecule has 112 valence electrons. The van der Waals surface area contributed by atoms with Gasteiger partial charge < -0.3 is 14.6 Å². The van der Waals surface area contributed by atoms with Crippen molar-refractivity contribution in [2.45, 2.75) is 17.3 Å². The number of hydrogen-bond donors (Lipinski definition) is 2. The Balaban J connectivity index is 2.26. The number of aromatic amines is 1. The molecule has 0 saturated heterocycles. The number of carbonyl (C=O) groups is 1. The van der Waals surface area contributed by atoms with Crippen LogP contribution in [0.5, 0.6) is 11.5 Å². The van der Waals surface area contributed by atoms with Crippen molar-refractivity contribution in [1.29, 1.82) is 0 Å². The third-order valence-electron chi connectivity index (χ3n) is 2.72. The largest absolute Gasteiger partial charge is 0.497 e. The first-order valence-electron chi connectivity index (χ1n) is 6.08. The van der Waals surface area contributed by atoms with E-state index in [9.17, 15) is 4.79 Å². The number of methoxy groups -OCH3 is 2. The Morgan fingerprint density at radius 1 is 1.29 bits per heavy atom. The van der Waals surface area contributed by atoms with Gasteiger partial charge in [-0.3, -0.25) is 9.89 Å². The van der Waals surface area contributed by atoms with Gasteiger partial charge in [0.15, 0.2) is 5.82 Å². The standard InChI is InChI=1S/C13H15N3O4S/c1-7(12(17)18)21-13-14-11(15-16-13)8-4-9(19-2)6-10(5-8)20-3/h4-7H,1-3H3,(H,17,18)(H,14,15,16)/t7-/m1/s1. The summed E-state index contributed by atoms with van der Waals surface area (Å²) in [6.45, 7) is 1.58. The van der Waals surface area contributed by atoms with Gasteiger partial charge in [0.25, 0.3) is 0 Å². The lowest BCUT2D eigenvalue weighted by molar-refractivity contribution is -0.136. The third kappa shape index (κ3) is 3.66. The van der Waals surface area contributed by atoms with Gasteiger partial charge in [-0.2, -0.15) is 0 Å². The van der Waals surface area contributed by atoms with Gasteiger partial charge in [-0.1, -0.05) is 11.8 Å². The highest BCUT2D eigenvalue weighted by molar-refractivity contribution is 8.00. The molecule has 0 fully saturated rings. The van der Waals surface area contributed by atoms with Crippen LogP contribution in [0.15, 0.2) is 23.4 Å². The summed E-state index contributed by atoms with van der Waals surface area (Å²) in [5.74, 6) is 0.879. The quantitative estimate of drug-likeness (QED) is 0.788. The molecular weight excluding hydrogens is 294 g/mol. The first-order valence-corrected chi connectivity index (χ1v) is 6.96. The molecule has 2 N–H and O–H groups in total. The fraction of sp³-hybridized carbons (Fsp3) is 0.308.